The topological polar surface area (TPSA) is 27.0 Å². The van der Waals surface area contributed by atoms with Gasteiger partial charge in [0.05, 0.1) is 12.1 Å². The summed E-state index contributed by atoms with van der Waals surface area (Å²) >= 11 is 3.68. The van der Waals surface area contributed by atoms with E-state index in [1.807, 2.05) is 22.7 Å². The second-order valence-corrected chi connectivity index (χ2v) is 6.39. The van der Waals surface area contributed by atoms with Crippen molar-refractivity contribution in [3.8, 4) is 6.07 Å². The summed E-state index contributed by atoms with van der Waals surface area (Å²) < 4.78 is 0. The number of rotatable bonds is 3. The molecular weight excluding hydrogens is 260 g/mol. The number of thiophene rings is 2. The normalized spacial score (nSPS) is 19.4. The Hall–Kier alpha value is -1.15. The van der Waals surface area contributed by atoms with E-state index in [9.17, 15) is 0 Å². The fourth-order valence-corrected chi connectivity index (χ4v) is 4.36. The highest BCUT2D eigenvalue weighted by Crippen LogP contribution is 2.39. The molecule has 4 heteroatoms. The van der Waals surface area contributed by atoms with E-state index in [4.69, 9.17) is 5.26 Å². The number of nitrogens with zero attached hydrogens (tertiary/aromatic N) is 2. The van der Waals surface area contributed by atoms with Crippen LogP contribution in [0.4, 0.5) is 0 Å². The van der Waals surface area contributed by atoms with Gasteiger partial charge in [0.25, 0.3) is 0 Å². The molecule has 2 nitrogen and oxygen atoms in total. The molecule has 3 rings (SSSR count). The zero-order chi connectivity index (χ0) is 12.4. The van der Waals surface area contributed by atoms with E-state index in [0.717, 1.165) is 19.5 Å². The molecule has 0 saturated heterocycles. The van der Waals surface area contributed by atoms with Gasteiger partial charge in [0, 0.05) is 29.3 Å². The van der Waals surface area contributed by atoms with Gasteiger partial charge in [-0.1, -0.05) is 6.07 Å². The predicted octanol–water partition coefficient (Wildman–Crippen LogP) is 3.67. The van der Waals surface area contributed by atoms with Crippen LogP contribution in [-0.4, -0.2) is 18.0 Å². The molecule has 3 heterocycles. The maximum absolute atomic E-state index is 8.80. The van der Waals surface area contributed by atoms with E-state index in [-0.39, 0.29) is 0 Å². The van der Waals surface area contributed by atoms with Crippen LogP contribution >= 0.6 is 22.7 Å². The lowest BCUT2D eigenvalue weighted by Crippen LogP contribution is -2.35. The second-order valence-electron chi connectivity index (χ2n) is 4.41. The molecule has 0 fully saturated rings. The summed E-state index contributed by atoms with van der Waals surface area (Å²) in [5, 5.41) is 13.1. The van der Waals surface area contributed by atoms with Gasteiger partial charge in [-0.2, -0.15) is 5.26 Å². The van der Waals surface area contributed by atoms with Gasteiger partial charge in [-0.3, -0.25) is 4.90 Å². The first-order chi connectivity index (χ1) is 8.90. The van der Waals surface area contributed by atoms with Crippen LogP contribution in [0.3, 0.4) is 0 Å². The van der Waals surface area contributed by atoms with Crippen LogP contribution in [0.15, 0.2) is 29.0 Å². The first kappa shape index (κ1) is 11.9. The van der Waals surface area contributed by atoms with Crippen LogP contribution in [0, 0.1) is 11.3 Å². The lowest BCUT2D eigenvalue weighted by atomic mass is 9.98. The summed E-state index contributed by atoms with van der Waals surface area (Å²) in [5.41, 5.74) is 1.45. The smallest absolute Gasteiger partial charge is 0.0707 e. The molecule has 1 atom stereocenters. The van der Waals surface area contributed by atoms with Crippen molar-refractivity contribution in [1.82, 2.24) is 4.90 Å². The quantitative estimate of drug-likeness (QED) is 0.854. The zero-order valence-corrected chi connectivity index (χ0v) is 11.6. The van der Waals surface area contributed by atoms with Gasteiger partial charge < -0.3 is 0 Å². The van der Waals surface area contributed by atoms with Crippen molar-refractivity contribution in [2.45, 2.75) is 18.9 Å². The number of hydrogen-bond acceptors (Lipinski definition) is 4. The standard InChI is InChI=1S/C14H14N2S2/c15-6-2-7-16-8-4-12-11(5-10-18-12)14(16)13-3-1-9-17-13/h1,3,5,9-10,14H,2,4,7-8H2/t14-/m1/s1. The van der Waals surface area contributed by atoms with E-state index in [2.05, 4.69) is 39.9 Å². The van der Waals surface area contributed by atoms with E-state index >= 15 is 0 Å². The average Bonchev–Trinajstić information content (AvgIpc) is 3.06. The van der Waals surface area contributed by atoms with Gasteiger partial charge in [-0.05, 0) is 34.9 Å². The summed E-state index contributed by atoms with van der Waals surface area (Å²) in [5.74, 6) is 0. The minimum Gasteiger partial charge on any atom is -0.290 e. The van der Waals surface area contributed by atoms with E-state index in [1.165, 1.54) is 15.3 Å². The molecule has 0 unspecified atom stereocenters. The molecule has 0 amide bonds. The Balaban J connectivity index is 1.95. The van der Waals surface area contributed by atoms with Crippen LogP contribution in [-0.2, 0) is 6.42 Å². The summed E-state index contributed by atoms with van der Waals surface area (Å²) in [6, 6.07) is 9.21. The third-order valence-electron chi connectivity index (χ3n) is 3.39. The summed E-state index contributed by atoms with van der Waals surface area (Å²) in [6.45, 7) is 1.94. The fraction of sp³-hybridized carbons (Fsp3) is 0.357. The molecule has 0 bridgehead atoms. The van der Waals surface area contributed by atoms with Gasteiger partial charge in [-0.25, -0.2) is 0 Å². The Morgan fingerprint density at radius 2 is 2.28 bits per heavy atom. The molecule has 0 N–H and O–H groups in total. The van der Waals surface area contributed by atoms with Crippen molar-refractivity contribution in [3.05, 3.63) is 44.3 Å². The monoisotopic (exact) mass is 274 g/mol. The molecular formula is C14H14N2S2. The average molecular weight is 274 g/mol. The zero-order valence-electron chi connectivity index (χ0n) is 10.0. The molecule has 2 aromatic heterocycles. The highest BCUT2D eigenvalue weighted by molar-refractivity contribution is 7.10. The van der Waals surface area contributed by atoms with Crippen molar-refractivity contribution in [3.63, 3.8) is 0 Å². The molecule has 18 heavy (non-hydrogen) atoms. The van der Waals surface area contributed by atoms with Crippen LogP contribution < -0.4 is 0 Å². The van der Waals surface area contributed by atoms with E-state index < -0.39 is 0 Å². The minimum absolute atomic E-state index is 0.369. The van der Waals surface area contributed by atoms with Gasteiger partial charge >= 0.3 is 0 Å². The molecule has 1 aliphatic heterocycles. The predicted molar refractivity (Wildman–Crippen MR) is 76.0 cm³/mol. The molecule has 0 aromatic carbocycles. The van der Waals surface area contributed by atoms with E-state index in [0.29, 0.717) is 12.5 Å². The van der Waals surface area contributed by atoms with Crippen molar-refractivity contribution in [1.29, 1.82) is 5.26 Å². The lowest BCUT2D eigenvalue weighted by Gasteiger charge is -2.34. The van der Waals surface area contributed by atoms with Crippen molar-refractivity contribution in [2.24, 2.45) is 0 Å². The molecule has 0 radical (unpaired) electrons. The molecule has 92 valence electrons. The summed E-state index contributed by atoms with van der Waals surface area (Å²) in [7, 11) is 0. The minimum atomic E-state index is 0.369. The third-order valence-corrected chi connectivity index (χ3v) is 5.31. The molecule has 2 aromatic rings. The molecule has 0 aliphatic carbocycles. The largest absolute Gasteiger partial charge is 0.290 e. The first-order valence-electron chi connectivity index (χ1n) is 6.11. The van der Waals surface area contributed by atoms with Crippen LogP contribution in [0.5, 0.6) is 0 Å². The number of nitriles is 1. The Morgan fingerprint density at radius 1 is 1.33 bits per heavy atom. The Kier molecular flexibility index (Phi) is 3.46. The van der Waals surface area contributed by atoms with E-state index in [1.54, 1.807) is 0 Å². The highest BCUT2D eigenvalue weighted by Gasteiger charge is 2.29. The number of fused-ring (bicyclic) bond motifs is 1. The summed E-state index contributed by atoms with van der Waals surface area (Å²) in [6.07, 6.45) is 1.74. The molecule has 1 aliphatic rings. The van der Waals surface area contributed by atoms with Gasteiger partial charge in [0.1, 0.15) is 0 Å². The SMILES string of the molecule is N#CCCN1CCc2sccc2[C@@H]1c1cccs1. The van der Waals surface area contributed by atoms with Crippen LogP contribution in [0.2, 0.25) is 0 Å². The first-order valence-corrected chi connectivity index (χ1v) is 7.87. The van der Waals surface area contributed by atoms with Gasteiger partial charge in [0.2, 0.25) is 0 Å². The molecule has 0 spiro atoms. The maximum Gasteiger partial charge on any atom is 0.0707 e. The lowest BCUT2D eigenvalue weighted by molar-refractivity contribution is 0.223. The van der Waals surface area contributed by atoms with Crippen molar-refractivity contribution in [2.75, 3.05) is 13.1 Å². The Bertz CT molecular complexity index is 551. The Labute approximate surface area is 115 Å². The van der Waals surface area contributed by atoms with Crippen molar-refractivity contribution >= 4 is 22.7 Å². The molecule has 0 saturated carbocycles. The summed E-state index contributed by atoms with van der Waals surface area (Å²) in [4.78, 5) is 5.36. The van der Waals surface area contributed by atoms with Crippen LogP contribution in [0.1, 0.15) is 27.8 Å². The van der Waals surface area contributed by atoms with Crippen molar-refractivity contribution < 1.29 is 0 Å². The highest BCUT2D eigenvalue weighted by atomic mass is 32.1. The maximum atomic E-state index is 8.80. The second kappa shape index (κ2) is 5.23. The number of hydrogen-bond donors (Lipinski definition) is 0. The Morgan fingerprint density at radius 3 is 3.06 bits per heavy atom. The van der Waals surface area contributed by atoms with Crippen LogP contribution in [0.25, 0.3) is 0 Å². The third kappa shape index (κ3) is 2.10. The fourth-order valence-electron chi connectivity index (χ4n) is 2.58. The van der Waals surface area contributed by atoms with Gasteiger partial charge in [-0.15, -0.1) is 22.7 Å². The van der Waals surface area contributed by atoms with Gasteiger partial charge in [0.15, 0.2) is 0 Å².